The fraction of sp³-hybridized carbons (Fsp3) is 0.294. The molecule has 0 bridgehead atoms. The molecule has 0 atom stereocenters. The first kappa shape index (κ1) is 15.8. The van der Waals surface area contributed by atoms with Crippen LogP contribution in [0.3, 0.4) is 0 Å². The van der Waals surface area contributed by atoms with E-state index in [1.54, 1.807) is 24.0 Å². The molecular weight excluding hydrogens is 314 g/mol. The summed E-state index contributed by atoms with van der Waals surface area (Å²) in [6.45, 7) is 3.25. The first-order valence-corrected chi connectivity index (χ1v) is 7.85. The maximum Gasteiger partial charge on any atom is 0.185 e. The van der Waals surface area contributed by atoms with Crippen LogP contribution in [0.2, 0.25) is 5.02 Å². The van der Waals surface area contributed by atoms with Crippen molar-refractivity contribution < 1.29 is 9.53 Å². The van der Waals surface area contributed by atoms with Gasteiger partial charge in [0.15, 0.2) is 5.78 Å². The van der Waals surface area contributed by atoms with Gasteiger partial charge in [-0.25, -0.2) is 0 Å². The van der Waals surface area contributed by atoms with Crippen molar-refractivity contribution in [2.45, 2.75) is 0 Å². The molecule has 0 radical (unpaired) electrons. The van der Waals surface area contributed by atoms with Gasteiger partial charge in [-0.15, -0.1) is 0 Å². The normalized spacial score (nSPS) is 15.3. The lowest BCUT2D eigenvalue weighted by molar-refractivity contribution is 0.104. The molecular formula is C17H18ClN3O2. The van der Waals surface area contributed by atoms with Crippen molar-refractivity contribution in [2.24, 2.45) is 7.05 Å². The van der Waals surface area contributed by atoms with Crippen LogP contribution in [-0.4, -0.2) is 41.9 Å². The number of allylic oxidation sites excluding steroid dienone is 1. The molecule has 1 aliphatic heterocycles. The lowest BCUT2D eigenvalue weighted by Crippen LogP contribution is -2.36. The minimum atomic E-state index is -0.0594. The van der Waals surface area contributed by atoms with Crippen LogP contribution < -0.4 is 4.90 Å². The zero-order chi connectivity index (χ0) is 16.2. The van der Waals surface area contributed by atoms with E-state index in [9.17, 15) is 4.79 Å². The number of ether oxygens (including phenoxy) is 1. The van der Waals surface area contributed by atoms with E-state index in [-0.39, 0.29) is 5.78 Å². The largest absolute Gasteiger partial charge is 0.378 e. The van der Waals surface area contributed by atoms with Crippen LogP contribution in [0, 0.1) is 0 Å². The summed E-state index contributed by atoms with van der Waals surface area (Å²) in [5, 5.41) is 4.56. The van der Waals surface area contributed by atoms with Crippen LogP contribution in [0.4, 0.5) is 5.69 Å². The Morgan fingerprint density at radius 3 is 2.57 bits per heavy atom. The number of morpholine rings is 1. The number of benzene rings is 1. The van der Waals surface area contributed by atoms with E-state index in [0.29, 0.717) is 16.3 Å². The van der Waals surface area contributed by atoms with Crippen molar-refractivity contribution in [1.29, 1.82) is 0 Å². The van der Waals surface area contributed by atoms with Gasteiger partial charge in [0.05, 0.1) is 30.1 Å². The van der Waals surface area contributed by atoms with Gasteiger partial charge in [0, 0.05) is 31.4 Å². The van der Waals surface area contributed by atoms with Crippen LogP contribution in [0.25, 0.3) is 6.08 Å². The molecule has 1 fully saturated rings. The second-order valence-corrected chi connectivity index (χ2v) is 5.75. The van der Waals surface area contributed by atoms with Crippen LogP contribution in [0.15, 0.2) is 36.5 Å². The van der Waals surface area contributed by atoms with Gasteiger partial charge in [-0.1, -0.05) is 11.6 Å². The summed E-state index contributed by atoms with van der Waals surface area (Å²) < 4.78 is 6.98. The number of halogens is 1. The van der Waals surface area contributed by atoms with Gasteiger partial charge in [0.25, 0.3) is 0 Å². The average molecular weight is 332 g/mol. The van der Waals surface area contributed by atoms with Crippen molar-refractivity contribution in [3.63, 3.8) is 0 Å². The van der Waals surface area contributed by atoms with Gasteiger partial charge < -0.3 is 9.64 Å². The van der Waals surface area contributed by atoms with Gasteiger partial charge in [-0.3, -0.25) is 9.48 Å². The topological polar surface area (TPSA) is 47.4 Å². The Bertz CT molecular complexity index is 696. The molecule has 2 heterocycles. The van der Waals surface area contributed by atoms with Crippen LogP contribution in [0.5, 0.6) is 0 Å². The van der Waals surface area contributed by atoms with E-state index in [4.69, 9.17) is 16.3 Å². The number of rotatable bonds is 4. The highest BCUT2D eigenvalue weighted by Crippen LogP contribution is 2.18. The van der Waals surface area contributed by atoms with Gasteiger partial charge in [-0.2, -0.15) is 5.10 Å². The molecule has 1 aromatic carbocycles. The Labute approximate surface area is 140 Å². The first-order chi connectivity index (χ1) is 11.1. The zero-order valence-electron chi connectivity index (χ0n) is 12.9. The monoisotopic (exact) mass is 331 g/mol. The maximum atomic E-state index is 12.3. The summed E-state index contributed by atoms with van der Waals surface area (Å²) >= 11 is 6.02. The lowest BCUT2D eigenvalue weighted by atomic mass is 10.1. The summed E-state index contributed by atoms with van der Waals surface area (Å²) in [6, 6.07) is 7.65. The highest BCUT2D eigenvalue weighted by molar-refractivity contribution is 6.31. The summed E-state index contributed by atoms with van der Waals surface area (Å²) in [5.41, 5.74) is 2.48. The predicted molar refractivity (Wildman–Crippen MR) is 91.1 cm³/mol. The molecule has 0 N–H and O–H groups in total. The van der Waals surface area contributed by atoms with Crippen LogP contribution in [0.1, 0.15) is 16.1 Å². The molecule has 0 unspecified atom stereocenters. The minimum Gasteiger partial charge on any atom is -0.378 e. The lowest BCUT2D eigenvalue weighted by Gasteiger charge is -2.28. The Balaban J connectivity index is 1.70. The minimum absolute atomic E-state index is 0.0594. The molecule has 6 heteroatoms. The smallest absolute Gasteiger partial charge is 0.185 e. The number of carbonyl (C=O) groups is 1. The molecule has 2 aromatic rings. The van der Waals surface area contributed by atoms with E-state index < -0.39 is 0 Å². The molecule has 1 aliphatic rings. The van der Waals surface area contributed by atoms with Crippen molar-refractivity contribution in [3.05, 3.63) is 52.8 Å². The standard InChI is InChI=1S/C17H18ClN3O2/c1-20-16(15(18)12-19-20)6-7-17(22)13-2-4-14(5-3-13)21-8-10-23-11-9-21/h2-7,12H,8-11H2,1H3/b7-6+. The Hall–Kier alpha value is -2.11. The van der Waals surface area contributed by atoms with E-state index in [2.05, 4.69) is 10.00 Å². The molecule has 23 heavy (non-hydrogen) atoms. The third-order valence-electron chi connectivity index (χ3n) is 3.86. The van der Waals surface area contributed by atoms with Gasteiger partial charge in [-0.05, 0) is 36.4 Å². The number of aryl methyl sites for hydroxylation is 1. The highest BCUT2D eigenvalue weighted by Gasteiger charge is 2.11. The molecule has 0 amide bonds. The molecule has 1 saturated heterocycles. The summed E-state index contributed by atoms with van der Waals surface area (Å²) in [7, 11) is 1.78. The molecule has 0 aliphatic carbocycles. The third kappa shape index (κ3) is 3.63. The number of carbonyl (C=O) groups excluding carboxylic acids is 1. The van der Waals surface area contributed by atoms with Crippen LogP contribution >= 0.6 is 11.6 Å². The van der Waals surface area contributed by atoms with Crippen molar-refractivity contribution in [3.8, 4) is 0 Å². The zero-order valence-corrected chi connectivity index (χ0v) is 13.7. The second kappa shape index (κ2) is 6.98. The first-order valence-electron chi connectivity index (χ1n) is 7.48. The van der Waals surface area contributed by atoms with Gasteiger partial charge >= 0.3 is 0 Å². The molecule has 0 spiro atoms. The fourth-order valence-corrected chi connectivity index (χ4v) is 2.75. The summed E-state index contributed by atoms with van der Waals surface area (Å²) in [6.07, 6.45) is 4.77. The number of aromatic nitrogens is 2. The summed E-state index contributed by atoms with van der Waals surface area (Å²) in [5.74, 6) is -0.0594. The van der Waals surface area contributed by atoms with E-state index in [1.165, 1.54) is 6.08 Å². The van der Waals surface area contributed by atoms with E-state index in [1.807, 2.05) is 24.3 Å². The maximum absolute atomic E-state index is 12.3. The molecule has 5 nitrogen and oxygen atoms in total. The number of hydrogen-bond donors (Lipinski definition) is 0. The third-order valence-corrected chi connectivity index (χ3v) is 4.15. The summed E-state index contributed by atoms with van der Waals surface area (Å²) in [4.78, 5) is 14.5. The van der Waals surface area contributed by atoms with Crippen molar-refractivity contribution in [1.82, 2.24) is 9.78 Å². The molecule has 3 rings (SSSR count). The van der Waals surface area contributed by atoms with Gasteiger partial charge in [0.1, 0.15) is 0 Å². The number of anilines is 1. The fourth-order valence-electron chi connectivity index (χ4n) is 2.52. The van der Waals surface area contributed by atoms with E-state index >= 15 is 0 Å². The number of hydrogen-bond acceptors (Lipinski definition) is 4. The van der Waals surface area contributed by atoms with Crippen molar-refractivity contribution in [2.75, 3.05) is 31.2 Å². The quantitative estimate of drug-likeness (QED) is 0.638. The Kier molecular flexibility index (Phi) is 4.79. The predicted octanol–water partition coefficient (Wildman–Crippen LogP) is 2.81. The highest BCUT2D eigenvalue weighted by atomic mass is 35.5. The van der Waals surface area contributed by atoms with E-state index in [0.717, 1.165) is 32.0 Å². The Morgan fingerprint density at radius 2 is 1.96 bits per heavy atom. The average Bonchev–Trinajstić information content (AvgIpc) is 2.92. The number of nitrogens with zero attached hydrogens (tertiary/aromatic N) is 3. The SMILES string of the molecule is Cn1ncc(Cl)c1/C=C/C(=O)c1ccc(N2CCOCC2)cc1. The molecule has 0 saturated carbocycles. The van der Waals surface area contributed by atoms with Crippen LogP contribution in [-0.2, 0) is 11.8 Å². The van der Waals surface area contributed by atoms with Gasteiger partial charge in [0.2, 0.25) is 0 Å². The number of ketones is 1. The second-order valence-electron chi connectivity index (χ2n) is 5.35. The van der Waals surface area contributed by atoms with Crippen molar-refractivity contribution >= 4 is 29.1 Å². The molecule has 120 valence electrons. The Morgan fingerprint density at radius 1 is 1.26 bits per heavy atom. The molecule has 1 aromatic heterocycles.